The van der Waals surface area contributed by atoms with E-state index in [1.54, 1.807) is 43.6 Å². The molecule has 6 nitrogen and oxygen atoms in total. The number of rotatable bonds is 5. The molecule has 0 atom stereocenters. The number of carbonyl (C=O) groups is 1. The van der Waals surface area contributed by atoms with Crippen LogP contribution in [0.5, 0.6) is 0 Å². The van der Waals surface area contributed by atoms with Gasteiger partial charge in [0.2, 0.25) is 0 Å². The van der Waals surface area contributed by atoms with Gasteiger partial charge in [-0.05, 0) is 36.8 Å². The van der Waals surface area contributed by atoms with Crippen molar-refractivity contribution >= 4 is 40.6 Å². The van der Waals surface area contributed by atoms with Crippen molar-refractivity contribution in [1.82, 2.24) is 20.3 Å². The minimum Gasteiger partial charge on any atom is -0.347 e. The number of nitrogens with zero attached hydrogens (tertiary/aromatic N) is 3. The van der Waals surface area contributed by atoms with Gasteiger partial charge in [0, 0.05) is 25.0 Å². The van der Waals surface area contributed by atoms with Crippen molar-refractivity contribution in [2.75, 3.05) is 5.32 Å². The molecule has 0 aliphatic rings. The molecule has 3 rings (SSSR count). The first kappa shape index (κ1) is 18.1. The van der Waals surface area contributed by atoms with Gasteiger partial charge in [0.05, 0.1) is 15.7 Å². The summed E-state index contributed by atoms with van der Waals surface area (Å²) in [5, 5.41) is 6.70. The summed E-state index contributed by atoms with van der Waals surface area (Å²) in [6.07, 6.45) is 3.35. The van der Waals surface area contributed by atoms with Crippen molar-refractivity contribution in [1.29, 1.82) is 0 Å². The SMILES string of the molecule is Cc1nc(Nc2cccc(Cl)c2Cl)cc(C(=O)NCc2ccncc2)n1. The van der Waals surface area contributed by atoms with Gasteiger partial charge in [-0.1, -0.05) is 29.3 Å². The van der Waals surface area contributed by atoms with E-state index < -0.39 is 0 Å². The van der Waals surface area contributed by atoms with Gasteiger partial charge in [0.25, 0.3) is 5.91 Å². The van der Waals surface area contributed by atoms with E-state index in [9.17, 15) is 4.79 Å². The van der Waals surface area contributed by atoms with Crippen LogP contribution in [0.2, 0.25) is 10.0 Å². The fourth-order valence-electron chi connectivity index (χ4n) is 2.26. The van der Waals surface area contributed by atoms with Crippen LogP contribution in [-0.2, 0) is 6.54 Å². The molecule has 0 radical (unpaired) electrons. The Morgan fingerprint density at radius 3 is 2.65 bits per heavy atom. The lowest BCUT2D eigenvalue weighted by atomic mass is 10.2. The van der Waals surface area contributed by atoms with E-state index in [1.165, 1.54) is 0 Å². The van der Waals surface area contributed by atoms with E-state index in [4.69, 9.17) is 23.2 Å². The molecule has 0 aliphatic carbocycles. The van der Waals surface area contributed by atoms with Crippen LogP contribution in [0.4, 0.5) is 11.5 Å². The van der Waals surface area contributed by atoms with Gasteiger partial charge in [-0.15, -0.1) is 0 Å². The zero-order chi connectivity index (χ0) is 18.5. The Balaban J connectivity index is 1.76. The molecule has 0 saturated heterocycles. The zero-order valence-electron chi connectivity index (χ0n) is 13.8. The first-order valence-electron chi connectivity index (χ1n) is 7.77. The summed E-state index contributed by atoms with van der Waals surface area (Å²) in [5.74, 6) is 0.616. The zero-order valence-corrected chi connectivity index (χ0v) is 15.3. The van der Waals surface area contributed by atoms with E-state index in [0.29, 0.717) is 33.9 Å². The molecule has 1 aromatic carbocycles. The maximum atomic E-state index is 12.4. The van der Waals surface area contributed by atoms with Crippen LogP contribution < -0.4 is 10.6 Å². The second kappa shape index (κ2) is 8.12. The van der Waals surface area contributed by atoms with Crippen molar-refractivity contribution in [3.05, 3.63) is 75.9 Å². The summed E-state index contributed by atoms with van der Waals surface area (Å²) < 4.78 is 0. The summed E-state index contributed by atoms with van der Waals surface area (Å²) in [6.45, 7) is 2.09. The van der Waals surface area contributed by atoms with Crippen molar-refractivity contribution in [3.63, 3.8) is 0 Å². The Morgan fingerprint density at radius 1 is 1.12 bits per heavy atom. The molecule has 0 bridgehead atoms. The summed E-state index contributed by atoms with van der Waals surface area (Å²) in [4.78, 5) is 24.8. The van der Waals surface area contributed by atoms with Crippen LogP contribution in [0, 0.1) is 6.92 Å². The number of pyridine rings is 1. The highest BCUT2D eigenvalue weighted by atomic mass is 35.5. The number of anilines is 2. The standard InChI is InChI=1S/C18H15Cl2N5O/c1-11-23-15(18(26)22-10-12-5-7-21-8-6-12)9-16(24-11)25-14-4-2-3-13(19)17(14)20/h2-9H,10H2,1H3,(H,22,26)(H,23,24,25). The predicted molar refractivity (Wildman–Crippen MR) is 102 cm³/mol. The fraction of sp³-hybridized carbons (Fsp3) is 0.111. The van der Waals surface area contributed by atoms with Gasteiger partial charge in [-0.3, -0.25) is 9.78 Å². The Kier molecular flexibility index (Phi) is 5.65. The largest absolute Gasteiger partial charge is 0.347 e. The van der Waals surface area contributed by atoms with Crippen LogP contribution in [0.15, 0.2) is 48.8 Å². The number of benzene rings is 1. The topological polar surface area (TPSA) is 79.8 Å². The number of amides is 1. The molecule has 0 unspecified atom stereocenters. The lowest BCUT2D eigenvalue weighted by Crippen LogP contribution is -2.24. The van der Waals surface area contributed by atoms with Crippen molar-refractivity contribution in [2.24, 2.45) is 0 Å². The van der Waals surface area contributed by atoms with E-state index in [2.05, 4.69) is 25.6 Å². The van der Waals surface area contributed by atoms with Crippen molar-refractivity contribution in [3.8, 4) is 0 Å². The second-order valence-corrected chi connectivity index (χ2v) is 6.24. The minimum absolute atomic E-state index is 0.257. The number of carbonyl (C=O) groups excluding carboxylic acids is 1. The Bertz CT molecular complexity index is 934. The number of nitrogens with one attached hydrogen (secondary N) is 2. The highest BCUT2D eigenvalue weighted by Gasteiger charge is 2.12. The van der Waals surface area contributed by atoms with Crippen molar-refractivity contribution in [2.45, 2.75) is 13.5 Å². The molecule has 2 aromatic heterocycles. The monoisotopic (exact) mass is 387 g/mol. The number of halogens is 2. The lowest BCUT2D eigenvalue weighted by Gasteiger charge is -2.11. The maximum absolute atomic E-state index is 12.4. The Hall–Kier alpha value is -2.70. The molecular formula is C18H15Cl2N5O. The summed E-state index contributed by atoms with van der Waals surface area (Å²) in [6, 6.07) is 10.5. The molecule has 2 heterocycles. The molecule has 0 spiro atoms. The number of hydrogen-bond donors (Lipinski definition) is 2. The minimum atomic E-state index is -0.299. The van der Waals surface area contributed by atoms with Gasteiger partial charge in [0.1, 0.15) is 17.3 Å². The molecule has 3 aromatic rings. The second-order valence-electron chi connectivity index (χ2n) is 5.45. The predicted octanol–water partition coefficient (Wildman–Crippen LogP) is 4.16. The first-order chi connectivity index (χ1) is 12.5. The highest BCUT2D eigenvalue weighted by molar-refractivity contribution is 6.43. The molecule has 0 saturated carbocycles. The van der Waals surface area contributed by atoms with Crippen LogP contribution in [-0.4, -0.2) is 20.9 Å². The molecular weight excluding hydrogens is 373 g/mol. The fourth-order valence-corrected chi connectivity index (χ4v) is 2.61. The summed E-state index contributed by atoms with van der Waals surface area (Å²) in [7, 11) is 0. The van der Waals surface area contributed by atoms with Gasteiger partial charge >= 0.3 is 0 Å². The van der Waals surface area contributed by atoms with E-state index in [0.717, 1.165) is 5.56 Å². The van der Waals surface area contributed by atoms with Crippen LogP contribution >= 0.6 is 23.2 Å². The van der Waals surface area contributed by atoms with Crippen LogP contribution in [0.25, 0.3) is 0 Å². The van der Waals surface area contributed by atoms with E-state index >= 15 is 0 Å². The smallest absolute Gasteiger partial charge is 0.270 e. The van der Waals surface area contributed by atoms with Crippen LogP contribution in [0.1, 0.15) is 21.9 Å². The van der Waals surface area contributed by atoms with Gasteiger partial charge in [0.15, 0.2) is 0 Å². The molecule has 8 heteroatoms. The van der Waals surface area contributed by atoms with E-state index in [-0.39, 0.29) is 11.6 Å². The normalized spacial score (nSPS) is 10.4. The average molecular weight is 388 g/mol. The summed E-state index contributed by atoms with van der Waals surface area (Å²) >= 11 is 12.2. The summed E-state index contributed by atoms with van der Waals surface area (Å²) in [5.41, 5.74) is 1.80. The third-order valence-corrected chi connectivity index (χ3v) is 4.31. The maximum Gasteiger partial charge on any atom is 0.270 e. The van der Waals surface area contributed by atoms with Crippen molar-refractivity contribution < 1.29 is 4.79 Å². The molecule has 0 fully saturated rings. The lowest BCUT2D eigenvalue weighted by molar-refractivity contribution is 0.0945. The van der Waals surface area contributed by atoms with E-state index in [1.807, 2.05) is 12.1 Å². The number of aromatic nitrogens is 3. The third-order valence-electron chi connectivity index (χ3n) is 3.49. The van der Waals surface area contributed by atoms with Gasteiger partial charge < -0.3 is 10.6 Å². The molecule has 2 N–H and O–H groups in total. The quantitative estimate of drug-likeness (QED) is 0.686. The van der Waals surface area contributed by atoms with Gasteiger partial charge in [-0.2, -0.15) is 0 Å². The van der Waals surface area contributed by atoms with Gasteiger partial charge in [-0.25, -0.2) is 9.97 Å². The molecule has 0 aliphatic heterocycles. The average Bonchev–Trinajstić information content (AvgIpc) is 2.64. The molecule has 26 heavy (non-hydrogen) atoms. The number of hydrogen-bond acceptors (Lipinski definition) is 5. The third kappa shape index (κ3) is 4.47. The first-order valence-corrected chi connectivity index (χ1v) is 8.52. The van der Waals surface area contributed by atoms with Crippen LogP contribution in [0.3, 0.4) is 0 Å². The Morgan fingerprint density at radius 2 is 1.88 bits per heavy atom. The molecule has 132 valence electrons. The Labute approximate surface area is 160 Å². The number of aryl methyl sites for hydroxylation is 1. The highest BCUT2D eigenvalue weighted by Crippen LogP contribution is 2.31. The molecule has 1 amide bonds.